The number of hydrogen-bond acceptors (Lipinski definition) is 5. The van der Waals surface area contributed by atoms with Gasteiger partial charge in [0.1, 0.15) is 18.0 Å². The molecule has 0 spiro atoms. The lowest BCUT2D eigenvalue weighted by Gasteiger charge is -2.61. The summed E-state index contributed by atoms with van der Waals surface area (Å²) in [6.45, 7) is 7.36. The summed E-state index contributed by atoms with van der Waals surface area (Å²) >= 11 is 0. The molecule has 3 saturated carbocycles. The van der Waals surface area contributed by atoms with E-state index < -0.39 is 24.2 Å². The summed E-state index contributed by atoms with van der Waals surface area (Å²) in [7, 11) is 0. The maximum absolute atomic E-state index is 13.7. The zero-order valence-electron chi connectivity index (χ0n) is 22.4. The molecule has 0 radical (unpaired) electrons. The molecule has 0 saturated heterocycles. The molecular formula is C30H42N2O5. The van der Waals surface area contributed by atoms with Crippen molar-refractivity contribution in [2.45, 2.75) is 83.5 Å². The topological polar surface area (TPSA) is 99.1 Å². The minimum absolute atomic E-state index is 0.0329. The average molecular weight is 511 g/mol. The van der Waals surface area contributed by atoms with E-state index in [1.807, 2.05) is 35.2 Å². The van der Waals surface area contributed by atoms with E-state index in [1.165, 1.54) is 12.8 Å². The Kier molecular flexibility index (Phi) is 7.38. The largest absolute Gasteiger partial charge is 0.486 e. The third kappa shape index (κ3) is 4.59. The van der Waals surface area contributed by atoms with E-state index in [4.69, 9.17) is 4.74 Å². The molecule has 1 heterocycles. The molecule has 3 N–H and O–H groups in total. The number of carbonyl (C=O) groups is 2. The van der Waals surface area contributed by atoms with Crippen LogP contribution >= 0.6 is 0 Å². The Balaban J connectivity index is 1.49. The standard InChI is InChI=1S/C30H42N2O5/c1-4-5-10-25(34)32(17-18-11-12-19-15-22(18)30(19,2)3)23-16-21(29(36)31-13-14-33)26-20-8-6-7-9-24(20)37-28(26)27(23)35/h6-9,16,18-19,22-23,26-28,33,35H,4-5,10-15,17H2,1-3H3,(H,31,36)/t18-,19-,22-,23+,26-,27-,28-/m0/s1. The van der Waals surface area contributed by atoms with Crippen molar-refractivity contribution >= 4 is 11.8 Å². The average Bonchev–Trinajstić information content (AvgIpc) is 3.29. The summed E-state index contributed by atoms with van der Waals surface area (Å²) in [6.07, 6.45) is 5.84. The second-order valence-electron chi connectivity index (χ2n) is 12.0. The van der Waals surface area contributed by atoms with Gasteiger partial charge in [-0.15, -0.1) is 0 Å². The van der Waals surface area contributed by atoms with E-state index in [9.17, 15) is 19.8 Å². The van der Waals surface area contributed by atoms with Crippen LogP contribution in [0.4, 0.5) is 0 Å². The Morgan fingerprint density at radius 3 is 2.70 bits per heavy atom. The number of hydrogen-bond donors (Lipinski definition) is 3. The summed E-state index contributed by atoms with van der Waals surface area (Å²) in [5.74, 6) is 1.72. The first-order chi connectivity index (χ1) is 17.8. The van der Waals surface area contributed by atoms with Crippen LogP contribution in [0.15, 0.2) is 35.9 Å². The van der Waals surface area contributed by atoms with E-state index >= 15 is 0 Å². The van der Waals surface area contributed by atoms with Gasteiger partial charge in [0, 0.05) is 30.6 Å². The minimum atomic E-state index is -0.955. The van der Waals surface area contributed by atoms with Gasteiger partial charge < -0.3 is 25.2 Å². The summed E-state index contributed by atoms with van der Waals surface area (Å²) in [5, 5.41) is 23.8. The van der Waals surface area contributed by atoms with Crippen LogP contribution in [0.2, 0.25) is 0 Å². The highest BCUT2D eigenvalue weighted by molar-refractivity contribution is 5.96. The number of aliphatic hydroxyl groups is 2. The fourth-order valence-electron chi connectivity index (χ4n) is 7.49. The quantitative estimate of drug-likeness (QED) is 0.473. The van der Waals surface area contributed by atoms with Gasteiger partial charge in [-0.05, 0) is 61.0 Å². The van der Waals surface area contributed by atoms with E-state index in [-0.39, 0.29) is 25.0 Å². The predicted octanol–water partition coefficient (Wildman–Crippen LogP) is 3.40. The highest BCUT2D eigenvalue weighted by atomic mass is 16.5. The lowest BCUT2D eigenvalue weighted by molar-refractivity contribution is -0.146. The van der Waals surface area contributed by atoms with Crippen LogP contribution in [0.1, 0.15) is 70.8 Å². The highest BCUT2D eigenvalue weighted by Crippen LogP contribution is 2.61. The summed E-state index contributed by atoms with van der Waals surface area (Å²) in [5.41, 5.74) is 1.66. The van der Waals surface area contributed by atoms with Crippen molar-refractivity contribution in [3.05, 3.63) is 41.5 Å². The number of rotatable bonds is 9. The second-order valence-corrected chi connectivity index (χ2v) is 12.0. The third-order valence-electron chi connectivity index (χ3n) is 9.73. The Labute approximate surface area is 220 Å². The molecule has 1 aromatic carbocycles. The Bertz CT molecular complexity index is 1050. The number of amides is 2. The summed E-state index contributed by atoms with van der Waals surface area (Å²) in [4.78, 5) is 28.9. The van der Waals surface area contributed by atoms with Crippen molar-refractivity contribution in [3.63, 3.8) is 0 Å². The molecule has 0 unspecified atom stereocenters. The number of nitrogens with one attached hydrogen (secondary N) is 1. The first-order valence-corrected chi connectivity index (χ1v) is 14.1. The van der Waals surface area contributed by atoms with E-state index in [0.29, 0.717) is 41.5 Å². The molecule has 3 fully saturated rings. The van der Waals surface area contributed by atoms with Crippen LogP contribution in [0.5, 0.6) is 5.75 Å². The van der Waals surface area contributed by atoms with Crippen molar-refractivity contribution in [1.82, 2.24) is 10.2 Å². The molecule has 2 amide bonds. The molecule has 1 aromatic rings. The lowest BCUT2D eigenvalue weighted by atomic mass is 9.45. The summed E-state index contributed by atoms with van der Waals surface area (Å²) < 4.78 is 6.24. The van der Waals surface area contributed by atoms with E-state index in [0.717, 1.165) is 30.7 Å². The molecule has 6 rings (SSSR count). The van der Waals surface area contributed by atoms with Crippen molar-refractivity contribution in [3.8, 4) is 5.75 Å². The van der Waals surface area contributed by atoms with Gasteiger partial charge in [-0.3, -0.25) is 9.59 Å². The predicted molar refractivity (Wildman–Crippen MR) is 141 cm³/mol. The third-order valence-corrected chi connectivity index (χ3v) is 9.73. The SMILES string of the molecule is CCCCC(=O)N(C[C@@H]1CC[C@H]2C[C@@H]1C2(C)C)[C@@H]1C=C(C(=O)NCCO)[C@@H]2c3ccccc3O[C@@H]2[C@H]1O. The van der Waals surface area contributed by atoms with E-state index in [2.05, 4.69) is 26.1 Å². The van der Waals surface area contributed by atoms with Crippen LogP contribution in [-0.4, -0.2) is 64.9 Å². The molecule has 1 aliphatic heterocycles. The fourth-order valence-corrected chi connectivity index (χ4v) is 7.49. The van der Waals surface area contributed by atoms with Crippen molar-refractivity contribution < 1.29 is 24.5 Å². The maximum Gasteiger partial charge on any atom is 0.247 e. The van der Waals surface area contributed by atoms with Gasteiger partial charge in [-0.1, -0.05) is 45.4 Å². The van der Waals surface area contributed by atoms with Crippen molar-refractivity contribution in [2.75, 3.05) is 19.7 Å². The molecule has 7 nitrogen and oxygen atoms in total. The number of ether oxygens (including phenoxy) is 1. The van der Waals surface area contributed by atoms with Gasteiger partial charge in [0.2, 0.25) is 11.8 Å². The number of para-hydroxylation sites is 1. The molecule has 4 aliphatic carbocycles. The normalized spacial score (nSPS) is 32.8. The van der Waals surface area contributed by atoms with Crippen LogP contribution in [0.3, 0.4) is 0 Å². The molecular weight excluding hydrogens is 468 g/mol. The van der Waals surface area contributed by atoms with E-state index in [1.54, 1.807) is 0 Å². The van der Waals surface area contributed by atoms with Crippen LogP contribution < -0.4 is 10.1 Å². The second kappa shape index (κ2) is 10.4. The number of unbranched alkanes of at least 4 members (excludes halogenated alkanes) is 1. The van der Waals surface area contributed by atoms with Gasteiger partial charge in [-0.2, -0.15) is 0 Å². The van der Waals surface area contributed by atoms with Gasteiger partial charge in [0.05, 0.1) is 18.6 Å². The molecule has 7 atom stereocenters. The number of carbonyl (C=O) groups excluding carboxylic acids is 2. The van der Waals surface area contributed by atoms with Gasteiger partial charge in [-0.25, -0.2) is 0 Å². The lowest BCUT2D eigenvalue weighted by Crippen LogP contribution is -2.59. The van der Waals surface area contributed by atoms with Gasteiger partial charge in [0.15, 0.2) is 0 Å². The molecule has 202 valence electrons. The zero-order valence-corrected chi connectivity index (χ0v) is 22.4. The van der Waals surface area contributed by atoms with Crippen molar-refractivity contribution in [1.29, 1.82) is 0 Å². The first-order valence-electron chi connectivity index (χ1n) is 14.1. The molecule has 7 heteroatoms. The number of benzene rings is 1. The van der Waals surface area contributed by atoms with Crippen LogP contribution in [0.25, 0.3) is 0 Å². The Morgan fingerprint density at radius 2 is 2.00 bits per heavy atom. The number of nitrogens with zero attached hydrogens (tertiary/aromatic N) is 1. The summed E-state index contributed by atoms with van der Waals surface area (Å²) in [6, 6.07) is 6.94. The smallest absolute Gasteiger partial charge is 0.247 e. The molecule has 0 aromatic heterocycles. The van der Waals surface area contributed by atoms with Gasteiger partial charge >= 0.3 is 0 Å². The minimum Gasteiger partial charge on any atom is -0.486 e. The number of aliphatic hydroxyl groups excluding tert-OH is 2. The van der Waals surface area contributed by atoms with Crippen LogP contribution in [-0.2, 0) is 9.59 Å². The highest BCUT2D eigenvalue weighted by Gasteiger charge is 2.56. The Morgan fingerprint density at radius 1 is 1.22 bits per heavy atom. The molecule has 5 aliphatic rings. The van der Waals surface area contributed by atoms with Crippen LogP contribution in [0, 0.1) is 23.2 Å². The molecule has 37 heavy (non-hydrogen) atoms. The maximum atomic E-state index is 13.7. The van der Waals surface area contributed by atoms with Crippen molar-refractivity contribution in [2.24, 2.45) is 23.2 Å². The first kappa shape index (κ1) is 26.2. The zero-order chi connectivity index (χ0) is 26.3. The fraction of sp³-hybridized carbons (Fsp3) is 0.667. The van der Waals surface area contributed by atoms with Gasteiger partial charge in [0.25, 0.3) is 0 Å². The monoisotopic (exact) mass is 510 g/mol. The Hall–Kier alpha value is -2.38. The molecule has 2 bridgehead atoms. The number of fused-ring (bicyclic) bond motifs is 5.